The third-order valence-electron chi connectivity index (χ3n) is 9.28. The number of rotatable bonds is 8. The molecule has 4 aliphatic rings. The lowest BCUT2D eigenvalue weighted by molar-refractivity contribution is 0.161. The van der Waals surface area contributed by atoms with Crippen molar-refractivity contribution in [3.8, 4) is 0 Å². The van der Waals surface area contributed by atoms with E-state index in [1.807, 2.05) is 19.9 Å². The van der Waals surface area contributed by atoms with Crippen molar-refractivity contribution in [1.29, 1.82) is 0 Å². The third kappa shape index (κ3) is 3.66. The number of aromatic nitrogens is 4. The molecule has 0 saturated heterocycles. The van der Waals surface area contributed by atoms with Crippen molar-refractivity contribution in [2.45, 2.75) is 82.2 Å². The second-order valence-corrected chi connectivity index (χ2v) is 12.8. The highest BCUT2D eigenvalue weighted by atomic mass is 32.2. The number of aromatic amines is 1. The van der Waals surface area contributed by atoms with Gasteiger partial charge in [-0.2, -0.15) is 8.42 Å². The summed E-state index contributed by atoms with van der Waals surface area (Å²) in [5.74, 6) is 2.60. The number of nitrogens with zero attached hydrogens (tertiary/aromatic N) is 3. The Bertz CT molecular complexity index is 1600. The Kier molecular flexibility index (Phi) is 5.76. The van der Waals surface area contributed by atoms with Gasteiger partial charge in [0.15, 0.2) is 5.65 Å². The van der Waals surface area contributed by atoms with Crippen LogP contribution in [0.15, 0.2) is 38.8 Å². The van der Waals surface area contributed by atoms with E-state index in [0.717, 1.165) is 43.5 Å². The van der Waals surface area contributed by atoms with Gasteiger partial charge in [-0.15, -0.1) is 0 Å². The molecule has 1 aromatic carbocycles. The van der Waals surface area contributed by atoms with Crippen LogP contribution in [0, 0.1) is 23.7 Å². The van der Waals surface area contributed by atoms with Crippen molar-refractivity contribution < 1.29 is 13.0 Å². The lowest BCUT2D eigenvalue weighted by atomic mass is 9.64. The van der Waals surface area contributed by atoms with E-state index in [4.69, 9.17) is 4.98 Å². The molecule has 0 aliphatic heterocycles. The van der Waals surface area contributed by atoms with Crippen LogP contribution in [0.5, 0.6) is 0 Å². The number of H-pyrrole nitrogens is 1. The van der Waals surface area contributed by atoms with Crippen molar-refractivity contribution in [3.63, 3.8) is 0 Å². The first kappa shape index (κ1) is 24.6. The lowest BCUT2D eigenvalue weighted by Gasteiger charge is -2.40. The molecule has 37 heavy (non-hydrogen) atoms. The van der Waals surface area contributed by atoms with Crippen molar-refractivity contribution in [1.82, 2.24) is 19.1 Å². The first-order valence-corrected chi connectivity index (χ1v) is 14.9. The standard InChI is InChI=1S/C27H34N4O5S/c1-3-8-30-23-22(24(32)31(9-4-2)26(30)33)28-25(29-23)27-15-17-10-18(14-19(27)11-17)21(27)13-16-6-5-7-20(12-16)37(34,35)36/h5-7,12,17-19,21H,3-4,8-11,13-15H2,1-2H3,(H,28,29)(H,34,35,36). The molecule has 0 amide bonds. The van der Waals surface area contributed by atoms with E-state index in [2.05, 4.69) is 4.98 Å². The molecule has 4 aliphatic carbocycles. The summed E-state index contributed by atoms with van der Waals surface area (Å²) in [7, 11) is -4.28. The molecule has 4 saturated carbocycles. The van der Waals surface area contributed by atoms with Crippen molar-refractivity contribution >= 4 is 21.3 Å². The van der Waals surface area contributed by atoms with Crippen LogP contribution in [0.4, 0.5) is 0 Å². The number of benzene rings is 1. The fourth-order valence-corrected chi connectivity index (χ4v) is 8.60. The van der Waals surface area contributed by atoms with Crippen LogP contribution >= 0.6 is 0 Å². The van der Waals surface area contributed by atoms with Gasteiger partial charge in [-0.05, 0) is 86.3 Å². The summed E-state index contributed by atoms with van der Waals surface area (Å²) in [6.07, 6.45) is 6.49. The number of nitrogens with one attached hydrogen (secondary N) is 1. The second kappa shape index (κ2) is 8.66. The Morgan fingerprint density at radius 2 is 1.86 bits per heavy atom. The fraction of sp³-hybridized carbons (Fsp3) is 0.593. The summed E-state index contributed by atoms with van der Waals surface area (Å²) < 4.78 is 36.1. The summed E-state index contributed by atoms with van der Waals surface area (Å²) in [4.78, 5) is 35.0. The SMILES string of the molecule is CCCn1c(=O)c2[nH]c(C34CC5CC(CC3C5)C4Cc3cccc(S(=O)(=O)O)c3)nc2n(CCC)c1=O. The molecule has 5 atom stereocenters. The maximum absolute atomic E-state index is 13.4. The number of hydrogen-bond donors (Lipinski definition) is 2. The summed E-state index contributed by atoms with van der Waals surface area (Å²) in [6.45, 7) is 4.83. The predicted molar refractivity (Wildman–Crippen MR) is 139 cm³/mol. The van der Waals surface area contributed by atoms with Crippen LogP contribution in [0.25, 0.3) is 11.2 Å². The Morgan fingerprint density at radius 1 is 1.11 bits per heavy atom. The highest BCUT2D eigenvalue weighted by Gasteiger charge is 2.65. The van der Waals surface area contributed by atoms with E-state index in [1.54, 1.807) is 16.7 Å². The van der Waals surface area contributed by atoms with Crippen LogP contribution < -0.4 is 11.2 Å². The zero-order valence-corrected chi connectivity index (χ0v) is 22.1. The number of hydrogen-bond acceptors (Lipinski definition) is 5. The minimum atomic E-state index is -4.28. The molecule has 10 heteroatoms. The largest absolute Gasteiger partial charge is 0.336 e. The molecule has 4 bridgehead atoms. The second-order valence-electron chi connectivity index (χ2n) is 11.4. The topological polar surface area (TPSA) is 127 Å². The van der Waals surface area contributed by atoms with Gasteiger partial charge in [0.25, 0.3) is 15.7 Å². The van der Waals surface area contributed by atoms with Gasteiger partial charge in [0.2, 0.25) is 0 Å². The molecule has 2 N–H and O–H groups in total. The van der Waals surface area contributed by atoms with Crippen LogP contribution in [-0.4, -0.2) is 32.1 Å². The van der Waals surface area contributed by atoms with E-state index in [9.17, 15) is 22.6 Å². The summed E-state index contributed by atoms with van der Waals surface area (Å²) in [5.41, 5.74) is 0.887. The first-order chi connectivity index (χ1) is 17.7. The zero-order valence-electron chi connectivity index (χ0n) is 21.3. The van der Waals surface area contributed by atoms with Crippen LogP contribution in [0.1, 0.15) is 63.8 Å². The van der Waals surface area contributed by atoms with E-state index >= 15 is 0 Å². The van der Waals surface area contributed by atoms with Gasteiger partial charge >= 0.3 is 5.69 Å². The van der Waals surface area contributed by atoms with Gasteiger partial charge in [0.1, 0.15) is 11.3 Å². The van der Waals surface area contributed by atoms with Crippen LogP contribution in [0.2, 0.25) is 0 Å². The highest BCUT2D eigenvalue weighted by molar-refractivity contribution is 7.85. The molecule has 4 fully saturated rings. The number of imidazole rings is 1. The molecule has 3 aromatic rings. The van der Waals surface area contributed by atoms with Crippen LogP contribution in [-0.2, 0) is 35.0 Å². The normalized spacial score (nSPS) is 28.5. The Balaban J connectivity index is 1.49. The van der Waals surface area contributed by atoms with E-state index < -0.39 is 10.1 Å². The molecule has 0 radical (unpaired) electrons. The van der Waals surface area contributed by atoms with E-state index in [-0.39, 0.29) is 27.5 Å². The maximum atomic E-state index is 13.4. The average Bonchev–Trinajstić information content (AvgIpc) is 3.47. The van der Waals surface area contributed by atoms with Crippen molar-refractivity contribution in [2.24, 2.45) is 23.7 Å². The summed E-state index contributed by atoms with van der Waals surface area (Å²) in [5, 5.41) is 0. The van der Waals surface area contributed by atoms with Gasteiger partial charge in [-0.1, -0.05) is 26.0 Å². The molecular weight excluding hydrogens is 492 g/mol. The first-order valence-electron chi connectivity index (χ1n) is 13.5. The Labute approximate surface area is 215 Å². The molecular formula is C27H34N4O5S. The average molecular weight is 527 g/mol. The highest BCUT2D eigenvalue weighted by Crippen LogP contribution is 2.68. The molecule has 2 heterocycles. The summed E-state index contributed by atoms with van der Waals surface area (Å²) >= 11 is 0. The molecule has 5 unspecified atom stereocenters. The zero-order chi connectivity index (χ0) is 26.1. The molecule has 0 spiro atoms. The number of fused-ring (bicyclic) bond motifs is 1. The van der Waals surface area contributed by atoms with Crippen molar-refractivity contribution in [2.75, 3.05) is 0 Å². The predicted octanol–water partition coefficient (Wildman–Crippen LogP) is 3.50. The Hall–Kier alpha value is -2.72. The number of aryl methyl sites for hydroxylation is 1. The minimum absolute atomic E-state index is 0.0877. The maximum Gasteiger partial charge on any atom is 0.332 e. The smallest absolute Gasteiger partial charge is 0.332 e. The summed E-state index contributed by atoms with van der Waals surface area (Å²) in [6, 6.07) is 6.58. The molecule has 9 nitrogen and oxygen atoms in total. The van der Waals surface area contributed by atoms with Gasteiger partial charge < -0.3 is 4.98 Å². The monoisotopic (exact) mass is 526 g/mol. The minimum Gasteiger partial charge on any atom is -0.336 e. The molecule has 7 rings (SSSR count). The Morgan fingerprint density at radius 3 is 2.59 bits per heavy atom. The third-order valence-corrected chi connectivity index (χ3v) is 10.1. The van der Waals surface area contributed by atoms with Gasteiger partial charge in [-0.25, -0.2) is 9.78 Å². The van der Waals surface area contributed by atoms with Crippen molar-refractivity contribution in [3.05, 3.63) is 56.5 Å². The van der Waals surface area contributed by atoms with Gasteiger partial charge in [0, 0.05) is 18.5 Å². The quantitative estimate of drug-likeness (QED) is 0.433. The van der Waals surface area contributed by atoms with E-state index in [0.29, 0.717) is 54.8 Å². The fourth-order valence-electron chi connectivity index (χ4n) is 8.05. The van der Waals surface area contributed by atoms with Crippen LogP contribution in [0.3, 0.4) is 0 Å². The van der Waals surface area contributed by atoms with E-state index in [1.165, 1.54) is 10.6 Å². The molecule has 2 aromatic heterocycles. The van der Waals surface area contributed by atoms with Gasteiger partial charge in [0.05, 0.1) is 4.90 Å². The molecule has 198 valence electrons. The van der Waals surface area contributed by atoms with Gasteiger partial charge in [-0.3, -0.25) is 18.5 Å². The lowest BCUT2D eigenvalue weighted by Crippen LogP contribution is -2.40.